The summed E-state index contributed by atoms with van der Waals surface area (Å²) in [5, 5.41) is 10.6. The standard InChI is InChI=1S/C77H150O17P2/c1-67(2)53-45-37-29-22-16-12-10-9-11-13-19-26-34-43-51-59-76(81)93-72(63-87-74(79)57-49-41-33-25-18-15-14-17-23-30-38-46-54-68(3)4)65-91-95(83,84)89-61-71(78)62-90-96(85,86)92-66-73(64-88-75(80)58-50-42-36-28-32-40-48-56-70(7)8)94-77(82)60-52-44-35-27-21-20-24-31-39-47-55-69(5)6/h67-73,78H,9-66H2,1-8H3,(H,83,84)(H,85,86)/t71?,72-,73-/m1/s1. The molecule has 19 heteroatoms. The second kappa shape index (κ2) is 66.3. The average Bonchev–Trinajstić information content (AvgIpc) is 1.25. The Kier molecular flexibility index (Phi) is 65.0. The van der Waals surface area contributed by atoms with Gasteiger partial charge in [-0.1, -0.05) is 338 Å². The zero-order valence-corrected chi connectivity index (χ0v) is 64.8. The normalized spacial score (nSPS) is 14.1. The zero-order chi connectivity index (χ0) is 71.0. The van der Waals surface area contributed by atoms with Crippen molar-refractivity contribution in [1.82, 2.24) is 0 Å². The molecule has 0 bridgehead atoms. The number of rotatable bonds is 74. The van der Waals surface area contributed by atoms with Crippen molar-refractivity contribution in [3.05, 3.63) is 0 Å². The number of aliphatic hydroxyl groups is 1. The van der Waals surface area contributed by atoms with Gasteiger partial charge < -0.3 is 33.8 Å². The molecule has 570 valence electrons. The number of carbonyl (C=O) groups is 4. The molecule has 3 unspecified atom stereocenters. The Hall–Kier alpha value is -1.94. The first-order valence-electron chi connectivity index (χ1n) is 39.7. The molecule has 0 aliphatic heterocycles. The van der Waals surface area contributed by atoms with Crippen LogP contribution in [0.15, 0.2) is 0 Å². The van der Waals surface area contributed by atoms with Crippen molar-refractivity contribution in [2.24, 2.45) is 23.7 Å². The lowest BCUT2D eigenvalue weighted by atomic mass is 10.0. The van der Waals surface area contributed by atoms with Crippen LogP contribution in [-0.4, -0.2) is 96.7 Å². The highest BCUT2D eigenvalue weighted by Crippen LogP contribution is 2.45. The van der Waals surface area contributed by atoms with Crippen LogP contribution in [-0.2, 0) is 65.4 Å². The number of unbranched alkanes of at least 4 members (excludes halogenated alkanes) is 40. The van der Waals surface area contributed by atoms with Crippen molar-refractivity contribution in [3.8, 4) is 0 Å². The summed E-state index contributed by atoms with van der Waals surface area (Å²) in [5.74, 6) is 0.922. The van der Waals surface area contributed by atoms with E-state index in [4.69, 9.17) is 37.0 Å². The van der Waals surface area contributed by atoms with E-state index in [0.717, 1.165) is 114 Å². The number of phosphoric acid groups is 2. The lowest BCUT2D eigenvalue weighted by Gasteiger charge is -2.21. The maximum absolute atomic E-state index is 13.1. The van der Waals surface area contributed by atoms with E-state index in [1.165, 1.54) is 186 Å². The van der Waals surface area contributed by atoms with E-state index in [-0.39, 0.29) is 25.7 Å². The van der Waals surface area contributed by atoms with Gasteiger partial charge in [0.05, 0.1) is 26.4 Å². The molecule has 17 nitrogen and oxygen atoms in total. The average molecular weight is 1410 g/mol. The molecule has 0 aromatic rings. The van der Waals surface area contributed by atoms with E-state index >= 15 is 0 Å². The van der Waals surface area contributed by atoms with E-state index in [0.29, 0.717) is 31.6 Å². The molecule has 5 atom stereocenters. The maximum atomic E-state index is 13.1. The van der Waals surface area contributed by atoms with Gasteiger partial charge in [-0.25, -0.2) is 9.13 Å². The first-order valence-corrected chi connectivity index (χ1v) is 42.7. The molecule has 0 saturated carbocycles. The maximum Gasteiger partial charge on any atom is 0.472 e. The molecule has 0 aromatic carbocycles. The molecule has 0 saturated heterocycles. The summed E-state index contributed by atoms with van der Waals surface area (Å²) in [6.45, 7) is 14.2. The molecule has 0 aromatic heterocycles. The van der Waals surface area contributed by atoms with E-state index in [2.05, 4.69) is 55.4 Å². The highest BCUT2D eigenvalue weighted by Gasteiger charge is 2.30. The Morgan fingerprint density at radius 3 is 0.646 bits per heavy atom. The minimum atomic E-state index is -4.96. The predicted octanol–water partition coefficient (Wildman–Crippen LogP) is 22.4. The van der Waals surface area contributed by atoms with Gasteiger partial charge in [0.2, 0.25) is 0 Å². The number of hydrogen-bond donors (Lipinski definition) is 3. The van der Waals surface area contributed by atoms with Crippen molar-refractivity contribution in [2.75, 3.05) is 39.6 Å². The number of hydrogen-bond acceptors (Lipinski definition) is 15. The molecular weight excluding hydrogens is 1260 g/mol. The van der Waals surface area contributed by atoms with Crippen LogP contribution in [0.1, 0.15) is 389 Å². The molecule has 0 rings (SSSR count). The molecule has 0 aliphatic carbocycles. The lowest BCUT2D eigenvalue weighted by Crippen LogP contribution is -2.30. The molecule has 0 radical (unpaired) electrons. The Labute approximate surface area is 588 Å². The third-order valence-corrected chi connectivity index (χ3v) is 19.7. The van der Waals surface area contributed by atoms with Gasteiger partial charge >= 0.3 is 39.5 Å². The fourth-order valence-electron chi connectivity index (χ4n) is 11.7. The number of ether oxygens (including phenoxy) is 4. The van der Waals surface area contributed by atoms with Crippen molar-refractivity contribution < 1.29 is 80.2 Å². The lowest BCUT2D eigenvalue weighted by molar-refractivity contribution is -0.161. The third kappa shape index (κ3) is 70.5. The number of phosphoric ester groups is 2. The number of esters is 4. The fourth-order valence-corrected chi connectivity index (χ4v) is 13.3. The predicted molar refractivity (Wildman–Crippen MR) is 391 cm³/mol. The molecule has 0 aliphatic rings. The van der Waals surface area contributed by atoms with Gasteiger partial charge in [0.1, 0.15) is 19.3 Å². The van der Waals surface area contributed by atoms with Crippen LogP contribution in [0.4, 0.5) is 0 Å². The SMILES string of the molecule is CC(C)CCCCCCCCCCCCCCCCCC(=O)O[C@H](COC(=O)CCCCCCCCCCCCCCC(C)C)COP(=O)(O)OCC(O)COP(=O)(O)OC[C@@H](COC(=O)CCCCCCCCCC(C)C)OC(=O)CCCCCCCCCCCCC(C)C. The third-order valence-electron chi connectivity index (χ3n) is 17.8. The van der Waals surface area contributed by atoms with Gasteiger partial charge in [-0.3, -0.25) is 37.3 Å². The summed E-state index contributed by atoms with van der Waals surface area (Å²) in [4.78, 5) is 72.8. The van der Waals surface area contributed by atoms with Gasteiger partial charge in [-0.15, -0.1) is 0 Å². The van der Waals surface area contributed by atoms with Crippen LogP contribution >= 0.6 is 15.6 Å². The van der Waals surface area contributed by atoms with E-state index < -0.39 is 97.5 Å². The molecule has 0 amide bonds. The van der Waals surface area contributed by atoms with Crippen LogP contribution < -0.4 is 0 Å². The van der Waals surface area contributed by atoms with Gasteiger partial charge in [-0.05, 0) is 49.4 Å². The highest BCUT2D eigenvalue weighted by atomic mass is 31.2. The van der Waals surface area contributed by atoms with Gasteiger partial charge in [0.15, 0.2) is 12.2 Å². The Morgan fingerprint density at radius 1 is 0.260 bits per heavy atom. The summed E-state index contributed by atoms with van der Waals surface area (Å²) in [6.07, 6.45) is 51.4. The van der Waals surface area contributed by atoms with Crippen molar-refractivity contribution >= 4 is 39.5 Å². The first-order chi connectivity index (χ1) is 46.1. The smallest absolute Gasteiger partial charge is 0.462 e. The Bertz CT molecular complexity index is 1880. The van der Waals surface area contributed by atoms with E-state index in [1.54, 1.807) is 0 Å². The van der Waals surface area contributed by atoms with Crippen LogP contribution in [0, 0.1) is 23.7 Å². The molecular formula is C77H150O17P2. The van der Waals surface area contributed by atoms with Gasteiger partial charge in [-0.2, -0.15) is 0 Å². The van der Waals surface area contributed by atoms with Crippen LogP contribution in [0.25, 0.3) is 0 Å². The van der Waals surface area contributed by atoms with E-state index in [1.807, 2.05) is 0 Å². The zero-order valence-electron chi connectivity index (χ0n) is 63.0. The summed E-state index contributed by atoms with van der Waals surface area (Å²) >= 11 is 0. The Morgan fingerprint density at radius 2 is 0.438 bits per heavy atom. The largest absolute Gasteiger partial charge is 0.472 e. The topological polar surface area (TPSA) is 237 Å². The van der Waals surface area contributed by atoms with Crippen LogP contribution in [0.3, 0.4) is 0 Å². The van der Waals surface area contributed by atoms with Gasteiger partial charge in [0.25, 0.3) is 0 Å². The second-order valence-electron chi connectivity index (χ2n) is 29.7. The summed E-state index contributed by atoms with van der Waals surface area (Å²) in [6, 6.07) is 0. The minimum absolute atomic E-state index is 0.105. The summed E-state index contributed by atoms with van der Waals surface area (Å²) in [5.41, 5.74) is 0. The number of carbonyl (C=O) groups excluding carboxylic acids is 4. The first kappa shape index (κ1) is 94.1. The Balaban J connectivity index is 5.25. The summed E-state index contributed by atoms with van der Waals surface area (Å²) in [7, 11) is -9.91. The molecule has 96 heavy (non-hydrogen) atoms. The highest BCUT2D eigenvalue weighted by molar-refractivity contribution is 7.47. The molecule has 3 N–H and O–H groups in total. The van der Waals surface area contributed by atoms with Crippen molar-refractivity contribution in [1.29, 1.82) is 0 Å². The second-order valence-corrected chi connectivity index (χ2v) is 32.6. The van der Waals surface area contributed by atoms with Crippen LogP contribution in [0.2, 0.25) is 0 Å². The minimum Gasteiger partial charge on any atom is -0.462 e. The number of aliphatic hydroxyl groups excluding tert-OH is 1. The quantitative estimate of drug-likeness (QED) is 0.0222. The summed E-state index contributed by atoms with van der Waals surface area (Å²) < 4.78 is 68.6. The molecule has 0 fully saturated rings. The van der Waals surface area contributed by atoms with Crippen molar-refractivity contribution in [2.45, 2.75) is 408 Å². The fraction of sp³-hybridized carbons (Fsp3) is 0.948. The van der Waals surface area contributed by atoms with E-state index in [9.17, 15) is 43.2 Å². The monoisotopic (exact) mass is 1410 g/mol. The molecule has 0 heterocycles. The van der Waals surface area contributed by atoms with Crippen molar-refractivity contribution in [3.63, 3.8) is 0 Å². The van der Waals surface area contributed by atoms with Gasteiger partial charge in [0, 0.05) is 25.7 Å². The molecule has 0 spiro atoms. The van der Waals surface area contributed by atoms with Crippen LogP contribution in [0.5, 0.6) is 0 Å².